The quantitative estimate of drug-likeness (QED) is 0.275. The Hall–Kier alpha value is -2.65. The SMILES string of the molecule is OC(COc1cccc([SH]2c3ccccc3-c3ccccc32)c1)(C(F)(F)F)C(F)(F)F. The molecule has 164 valence electrons. The number of alkyl halides is 6. The smallest absolute Gasteiger partial charge is 0.429 e. The van der Waals surface area contributed by atoms with Crippen molar-refractivity contribution in [1.82, 2.24) is 0 Å². The van der Waals surface area contributed by atoms with Gasteiger partial charge in [0.15, 0.2) is 0 Å². The standard InChI is InChI=1S/C22H16F6O2S/c23-21(24,25)20(29,22(26,27)28)13-30-14-6-5-7-15(12-14)31-18-10-3-1-8-16(18)17-9-2-4-11-19(17)31/h1-12,29,31H,13H2. The predicted molar refractivity (Wildman–Crippen MR) is 105 cm³/mol. The number of thiol groups is 1. The number of ether oxygens (including phenoxy) is 1. The number of halogens is 6. The summed E-state index contributed by atoms with van der Waals surface area (Å²) in [4.78, 5) is 2.79. The third kappa shape index (κ3) is 3.65. The van der Waals surface area contributed by atoms with Gasteiger partial charge in [0.25, 0.3) is 5.60 Å². The van der Waals surface area contributed by atoms with Crippen LogP contribution in [0.3, 0.4) is 0 Å². The van der Waals surface area contributed by atoms with E-state index in [-0.39, 0.29) is 5.75 Å². The lowest BCUT2D eigenvalue weighted by atomic mass is 10.0. The Labute approximate surface area is 176 Å². The summed E-state index contributed by atoms with van der Waals surface area (Å²) in [6.45, 7) is -1.99. The van der Waals surface area contributed by atoms with E-state index < -0.39 is 35.5 Å². The van der Waals surface area contributed by atoms with Gasteiger partial charge in [-0.2, -0.15) is 37.2 Å². The highest BCUT2D eigenvalue weighted by Crippen LogP contribution is 2.62. The van der Waals surface area contributed by atoms with Gasteiger partial charge < -0.3 is 9.84 Å². The van der Waals surface area contributed by atoms with Gasteiger partial charge in [0.1, 0.15) is 12.4 Å². The van der Waals surface area contributed by atoms with E-state index in [1.807, 2.05) is 48.5 Å². The molecule has 0 spiro atoms. The highest BCUT2D eigenvalue weighted by Gasteiger charge is 2.71. The van der Waals surface area contributed by atoms with Crippen LogP contribution in [0, 0.1) is 0 Å². The van der Waals surface area contributed by atoms with Gasteiger partial charge in [-0.3, -0.25) is 0 Å². The summed E-state index contributed by atoms with van der Waals surface area (Å²) in [6, 6.07) is 21.4. The van der Waals surface area contributed by atoms with Crippen molar-refractivity contribution in [3.8, 4) is 16.9 Å². The first kappa shape index (κ1) is 21.6. The molecular formula is C22H16F6O2S. The average Bonchev–Trinajstić information content (AvgIpc) is 3.05. The number of rotatable bonds is 4. The first-order valence-corrected chi connectivity index (χ1v) is 10.4. The summed E-state index contributed by atoms with van der Waals surface area (Å²) in [5, 5.41) is 9.32. The lowest BCUT2D eigenvalue weighted by molar-refractivity contribution is -0.373. The van der Waals surface area contributed by atoms with Gasteiger partial charge in [-0.15, -0.1) is 0 Å². The van der Waals surface area contributed by atoms with Gasteiger partial charge in [-0.1, -0.05) is 42.5 Å². The topological polar surface area (TPSA) is 29.5 Å². The second kappa shape index (κ2) is 7.49. The summed E-state index contributed by atoms with van der Waals surface area (Å²) < 4.78 is 82.3. The molecule has 0 amide bonds. The van der Waals surface area contributed by atoms with E-state index in [4.69, 9.17) is 4.74 Å². The monoisotopic (exact) mass is 458 g/mol. The molecule has 1 heterocycles. The highest BCUT2D eigenvalue weighted by molar-refractivity contribution is 8.17. The van der Waals surface area contributed by atoms with E-state index in [1.165, 1.54) is 18.2 Å². The predicted octanol–water partition coefficient (Wildman–Crippen LogP) is 6.38. The molecule has 0 saturated carbocycles. The zero-order valence-electron chi connectivity index (χ0n) is 15.7. The fraction of sp³-hybridized carbons (Fsp3) is 0.182. The first-order chi connectivity index (χ1) is 14.5. The van der Waals surface area contributed by atoms with Gasteiger partial charge in [-0.05, 0) is 46.4 Å². The van der Waals surface area contributed by atoms with E-state index in [0.29, 0.717) is 4.90 Å². The molecule has 1 aliphatic rings. The molecule has 0 bridgehead atoms. The van der Waals surface area contributed by atoms with Crippen molar-refractivity contribution in [1.29, 1.82) is 0 Å². The maximum Gasteiger partial charge on any atom is 0.429 e. The molecule has 1 aliphatic heterocycles. The fourth-order valence-corrected chi connectivity index (χ4v) is 6.07. The van der Waals surface area contributed by atoms with Gasteiger partial charge in [0, 0.05) is 9.79 Å². The van der Waals surface area contributed by atoms with E-state index in [0.717, 1.165) is 20.9 Å². The third-order valence-corrected chi connectivity index (χ3v) is 7.58. The minimum Gasteiger partial charge on any atom is -0.490 e. The molecule has 0 unspecified atom stereocenters. The Morgan fingerprint density at radius 3 is 1.74 bits per heavy atom. The Bertz CT molecular complexity index is 1050. The molecule has 0 aliphatic carbocycles. The number of fused-ring (bicyclic) bond motifs is 3. The zero-order chi connectivity index (χ0) is 22.4. The largest absolute Gasteiger partial charge is 0.490 e. The summed E-state index contributed by atoms with van der Waals surface area (Å²) in [7, 11) is -1.06. The molecule has 0 aromatic heterocycles. The average molecular weight is 458 g/mol. The number of aliphatic hydroxyl groups is 1. The molecule has 4 rings (SSSR count). The fourth-order valence-electron chi connectivity index (χ4n) is 3.43. The molecule has 0 radical (unpaired) electrons. The summed E-state index contributed by atoms with van der Waals surface area (Å²) in [5.74, 6) is -0.186. The van der Waals surface area contributed by atoms with Crippen LogP contribution in [0.4, 0.5) is 26.3 Å². The van der Waals surface area contributed by atoms with E-state index in [9.17, 15) is 31.4 Å². The van der Waals surface area contributed by atoms with Crippen LogP contribution in [0.5, 0.6) is 5.75 Å². The number of benzene rings is 3. The van der Waals surface area contributed by atoms with Crippen LogP contribution in [-0.4, -0.2) is 29.7 Å². The molecule has 0 saturated heterocycles. The van der Waals surface area contributed by atoms with Crippen LogP contribution >= 0.6 is 10.9 Å². The Morgan fingerprint density at radius 2 is 1.23 bits per heavy atom. The van der Waals surface area contributed by atoms with Crippen molar-refractivity contribution in [2.45, 2.75) is 32.6 Å². The molecule has 3 aromatic carbocycles. The van der Waals surface area contributed by atoms with E-state index >= 15 is 0 Å². The van der Waals surface area contributed by atoms with Gasteiger partial charge in [0.05, 0.1) is 0 Å². The highest BCUT2D eigenvalue weighted by atomic mass is 32.2. The summed E-state index contributed by atoms with van der Waals surface area (Å²) >= 11 is 0. The van der Waals surface area contributed by atoms with Crippen molar-refractivity contribution < 1.29 is 36.2 Å². The van der Waals surface area contributed by atoms with Gasteiger partial charge >= 0.3 is 12.4 Å². The van der Waals surface area contributed by atoms with Crippen LogP contribution in [0.2, 0.25) is 0 Å². The minimum absolute atomic E-state index is 0.186. The molecule has 0 atom stereocenters. The van der Waals surface area contributed by atoms with Gasteiger partial charge in [0.2, 0.25) is 0 Å². The second-order valence-corrected chi connectivity index (χ2v) is 9.16. The first-order valence-electron chi connectivity index (χ1n) is 9.10. The van der Waals surface area contributed by atoms with Crippen molar-refractivity contribution in [3.63, 3.8) is 0 Å². The van der Waals surface area contributed by atoms with Crippen LogP contribution in [0.25, 0.3) is 11.1 Å². The normalized spacial score (nSPS) is 14.9. The zero-order valence-corrected chi connectivity index (χ0v) is 16.6. The van der Waals surface area contributed by atoms with Crippen molar-refractivity contribution in [3.05, 3.63) is 72.8 Å². The third-order valence-electron chi connectivity index (χ3n) is 5.04. The van der Waals surface area contributed by atoms with Crippen molar-refractivity contribution in [2.24, 2.45) is 0 Å². The summed E-state index contributed by atoms with van der Waals surface area (Å²) in [5.41, 5.74) is -2.88. The van der Waals surface area contributed by atoms with Crippen LogP contribution in [-0.2, 0) is 0 Å². The molecule has 1 N–H and O–H groups in total. The lowest BCUT2D eigenvalue weighted by Gasteiger charge is -2.32. The van der Waals surface area contributed by atoms with E-state index in [1.54, 1.807) is 6.07 Å². The molecule has 9 heteroatoms. The molecule has 2 nitrogen and oxygen atoms in total. The van der Waals surface area contributed by atoms with Crippen LogP contribution in [0.15, 0.2) is 87.5 Å². The lowest BCUT2D eigenvalue weighted by Crippen LogP contribution is -2.60. The van der Waals surface area contributed by atoms with Gasteiger partial charge in [-0.25, -0.2) is 0 Å². The Morgan fingerprint density at radius 1 is 0.710 bits per heavy atom. The van der Waals surface area contributed by atoms with Crippen molar-refractivity contribution in [2.75, 3.05) is 6.61 Å². The molecule has 3 aromatic rings. The summed E-state index contributed by atoms with van der Waals surface area (Å²) in [6.07, 6.45) is -11.9. The second-order valence-electron chi connectivity index (χ2n) is 7.01. The van der Waals surface area contributed by atoms with Crippen molar-refractivity contribution >= 4 is 10.9 Å². The maximum atomic E-state index is 12.9. The number of hydrogen-bond donors (Lipinski definition) is 2. The van der Waals surface area contributed by atoms with Crippen LogP contribution < -0.4 is 4.74 Å². The maximum absolute atomic E-state index is 12.9. The number of hydrogen-bond acceptors (Lipinski definition) is 2. The molecule has 0 fully saturated rings. The van der Waals surface area contributed by atoms with Crippen LogP contribution in [0.1, 0.15) is 0 Å². The minimum atomic E-state index is -5.93. The molecular weight excluding hydrogens is 442 g/mol. The Kier molecular flexibility index (Phi) is 5.21. The molecule has 31 heavy (non-hydrogen) atoms. The Balaban J connectivity index is 1.67. The van der Waals surface area contributed by atoms with E-state index in [2.05, 4.69) is 0 Å².